The number of carbonyl (C=O) groups excluding carboxylic acids is 1. The Morgan fingerprint density at radius 3 is 2.80 bits per heavy atom. The highest BCUT2D eigenvalue weighted by Crippen LogP contribution is 2.48. The predicted octanol–water partition coefficient (Wildman–Crippen LogP) is 4.08. The van der Waals surface area contributed by atoms with Crippen molar-refractivity contribution in [2.45, 2.75) is 44.9 Å². The quantitative estimate of drug-likeness (QED) is 0.263. The van der Waals surface area contributed by atoms with E-state index in [2.05, 4.69) is 30.5 Å². The number of nitrogen functional groups attached to an aromatic ring is 1. The van der Waals surface area contributed by atoms with Gasteiger partial charge in [-0.2, -0.15) is 15.2 Å². The van der Waals surface area contributed by atoms with Crippen LogP contribution in [-0.4, -0.2) is 65.6 Å². The number of halogens is 2. The minimum absolute atomic E-state index is 0.0281. The number of fused-ring (bicyclic) bond motifs is 4. The average molecular weight is 621 g/mol. The molecule has 3 aromatic heterocycles. The maximum Gasteiger partial charge on any atom is 0.319 e. The van der Waals surface area contributed by atoms with Crippen LogP contribution in [0, 0.1) is 28.4 Å². The van der Waals surface area contributed by atoms with Crippen molar-refractivity contribution >= 4 is 49.1 Å². The van der Waals surface area contributed by atoms with Crippen LogP contribution >= 0.6 is 11.3 Å². The molecule has 14 heteroatoms. The fourth-order valence-electron chi connectivity index (χ4n) is 6.30. The summed E-state index contributed by atoms with van der Waals surface area (Å²) < 4.78 is 43.9. The number of nitriles is 1. The number of amides is 1. The van der Waals surface area contributed by atoms with Gasteiger partial charge in [-0.05, 0) is 50.9 Å². The maximum absolute atomic E-state index is 17.0. The molecule has 11 nitrogen and oxygen atoms in total. The Morgan fingerprint density at radius 1 is 1.27 bits per heavy atom. The van der Waals surface area contributed by atoms with Gasteiger partial charge in [0.25, 0.3) is 0 Å². The molecule has 1 saturated carbocycles. The molecule has 2 aliphatic heterocycles. The SMILES string of the molecule is CN(C)CC1(COc2nc(N[C@@H]3CCCNC3=O)c3c4c(c(-c5ncc(F)c6sc(N)c(C#N)c56)c(F)c3n2)COC4)CC1. The molecule has 5 heterocycles. The number of benzene rings is 1. The second kappa shape index (κ2) is 10.8. The lowest BCUT2D eigenvalue weighted by atomic mass is 9.93. The van der Waals surface area contributed by atoms with Gasteiger partial charge in [0, 0.05) is 29.5 Å². The smallest absolute Gasteiger partial charge is 0.319 e. The molecule has 7 rings (SSSR count). The standard InChI is InChI=1S/C30H30F2N8O3S/c1-40(2)12-30(5-6-30)13-43-29-38-24-21(27(39-29)37-18-4-3-7-35-28(18)41)16-11-42-10-15(16)19(22(24)32)23-20-14(8-33)26(34)44-25(20)17(31)9-36-23/h9,18H,3-7,10-13,34H2,1-2H3,(H,35,41)(H,37,38,39)/t18-/m1/s1. The lowest BCUT2D eigenvalue weighted by molar-refractivity contribution is -0.123. The largest absolute Gasteiger partial charge is 0.463 e. The summed E-state index contributed by atoms with van der Waals surface area (Å²) in [6.45, 7) is 1.94. The Morgan fingerprint density at radius 2 is 2.07 bits per heavy atom. The highest BCUT2D eigenvalue weighted by molar-refractivity contribution is 7.23. The second-order valence-electron chi connectivity index (χ2n) is 12.0. The van der Waals surface area contributed by atoms with Gasteiger partial charge >= 0.3 is 6.01 Å². The van der Waals surface area contributed by atoms with Crippen LogP contribution in [0.25, 0.3) is 32.2 Å². The zero-order chi connectivity index (χ0) is 30.7. The van der Waals surface area contributed by atoms with Gasteiger partial charge in [-0.25, -0.2) is 8.78 Å². The topological polar surface area (TPSA) is 151 Å². The number of nitrogens with zero attached hydrogens (tertiary/aromatic N) is 5. The molecule has 228 valence electrons. The molecule has 4 N–H and O–H groups in total. The van der Waals surface area contributed by atoms with Gasteiger partial charge in [-0.3, -0.25) is 9.78 Å². The summed E-state index contributed by atoms with van der Waals surface area (Å²) in [5, 5.41) is 16.6. The molecular weight excluding hydrogens is 590 g/mol. The van der Waals surface area contributed by atoms with Gasteiger partial charge in [0.15, 0.2) is 11.6 Å². The van der Waals surface area contributed by atoms with Crippen LogP contribution < -0.4 is 21.1 Å². The minimum atomic E-state index is -0.740. The number of nitrogens with two attached hydrogens (primary N) is 1. The molecule has 0 unspecified atom stereocenters. The Kier molecular flexibility index (Phi) is 6.99. The third-order valence-corrected chi connectivity index (χ3v) is 9.56. The van der Waals surface area contributed by atoms with Crippen LogP contribution in [0.4, 0.5) is 19.6 Å². The maximum atomic E-state index is 17.0. The summed E-state index contributed by atoms with van der Waals surface area (Å²) in [5.41, 5.74) is 7.26. The molecule has 1 saturated heterocycles. The van der Waals surface area contributed by atoms with Gasteiger partial charge in [0.05, 0.1) is 47.4 Å². The first-order valence-electron chi connectivity index (χ1n) is 14.4. The zero-order valence-electron chi connectivity index (χ0n) is 24.2. The first kappa shape index (κ1) is 28.6. The van der Waals surface area contributed by atoms with E-state index >= 15 is 4.39 Å². The molecule has 1 aromatic carbocycles. The van der Waals surface area contributed by atoms with Crippen molar-refractivity contribution < 1.29 is 23.0 Å². The van der Waals surface area contributed by atoms with Crippen molar-refractivity contribution in [3.05, 3.63) is 34.5 Å². The number of hydrogen-bond donors (Lipinski definition) is 3. The number of pyridine rings is 1. The van der Waals surface area contributed by atoms with E-state index in [4.69, 9.17) is 15.2 Å². The molecule has 1 aliphatic carbocycles. The Hall–Kier alpha value is -4.19. The minimum Gasteiger partial charge on any atom is -0.463 e. The molecular formula is C30H30F2N8O3S. The van der Waals surface area contributed by atoms with Crippen LogP contribution in [0.15, 0.2) is 6.20 Å². The Labute approximate surface area is 255 Å². The fourth-order valence-corrected chi connectivity index (χ4v) is 7.22. The molecule has 0 radical (unpaired) electrons. The van der Waals surface area contributed by atoms with E-state index in [1.807, 2.05) is 20.2 Å². The highest BCUT2D eigenvalue weighted by Gasteiger charge is 2.44. The molecule has 2 fully saturated rings. The third-order valence-electron chi connectivity index (χ3n) is 8.53. The molecule has 0 bridgehead atoms. The van der Waals surface area contributed by atoms with Gasteiger partial charge in [-0.15, -0.1) is 11.3 Å². The number of nitrogens with one attached hydrogen (secondary N) is 2. The van der Waals surface area contributed by atoms with E-state index in [0.29, 0.717) is 36.1 Å². The number of thiophene rings is 1. The normalized spacial score (nSPS) is 18.8. The van der Waals surface area contributed by atoms with E-state index in [9.17, 15) is 14.4 Å². The van der Waals surface area contributed by atoms with Gasteiger partial charge in [0.1, 0.15) is 28.4 Å². The summed E-state index contributed by atoms with van der Waals surface area (Å²) >= 11 is 0.915. The molecule has 3 aliphatic rings. The van der Waals surface area contributed by atoms with E-state index in [0.717, 1.165) is 43.3 Å². The van der Waals surface area contributed by atoms with E-state index < -0.39 is 17.7 Å². The van der Waals surface area contributed by atoms with Crippen LogP contribution in [-0.2, 0) is 22.7 Å². The molecule has 4 aromatic rings. The number of anilines is 2. The van der Waals surface area contributed by atoms with Crippen molar-refractivity contribution in [3.8, 4) is 23.3 Å². The van der Waals surface area contributed by atoms with Crippen LogP contribution in [0.3, 0.4) is 0 Å². The Bertz CT molecular complexity index is 1880. The van der Waals surface area contributed by atoms with Crippen LogP contribution in [0.2, 0.25) is 0 Å². The van der Waals surface area contributed by atoms with Crippen molar-refractivity contribution in [3.63, 3.8) is 0 Å². The number of hydrogen-bond acceptors (Lipinski definition) is 11. The monoisotopic (exact) mass is 620 g/mol. The lowest BCUT2D eigenvalue weighted by Gasteiger charge is -2.25. The molecule has 1 atom stereocenters. The number of ether oxygens (including phenoxy) is 2. The third kappa shape index (κ3) is 4.75. The molecule has 0 spiro atoms. The summed E-state index contributed by atoms with van der Waals surface area (Å²) in [6, 6.07) is 1.42. The predicted molar refractivity (Wildman–Crippen MR) is 161 cm³/mol. The number of aromatic nitrogens is 3. The fraction of sp³-hybridized carbons (Fsp3) is 0.433. The second-order valence-corrected chi connectivity index (χ2v) is 13.0. The van der Waals surface area contributed by atoms with E-state index in [-0.39, 0.29) is 73.8 Å². The number of carbonyl (C=O) groups is 1. The van der Waals surface area contributed by atoms with Crippen molar-refractivity contribution in [1.29, 1.82) is 5.26 Å². The summed E-state index contributed by atoms with van der Waals surface area (Å²) in [6.07, 6.45) is 4.34. The van der Waals surface area contributed by atoms with Crippen molar-refractivity contribution in [2.24, 2.45) is 5.41 Å². The molecule has 1 amide bonds. The van der Waals surface area contributed by atoms with Crippen molar-refractivity contribution in [2.75, 3.05) is 44.8 Å². The van der Waals surface area contributed by atoms with Gasteiger partial charge in [-0.1, -0.05) is 0 Å². The average Bonchev–Trinajstić information content (AvgIpc) is 3.41. The van der Waals surface area contributed by atoms with E-state index in [1.165, 1.54) is 0 Å². The first-order chi connectivity index (χ1) is 21.2. The highest BCUT2D eigenvalue weighted by atomic mass is 32.1. The Balaban J connectivity index is 1.44. The number of piperidine rings is 1. The summed E-state index contributed by atoms with van der Waals surface area (Å²) in [4.78, 5) is 28.3. The van der Waals surface area contributed by atoms with Crippen molar-refractivity contribution in [1.82, 2.24) is 25.2 Å². The van der Waals surface area contributed by atoms with Gasteiger partial charge in [0.2, 0.25) is 5.91 Å². The van der Waals surface area contributed by atoms with Gasteiger partial charge < -0.3 is 30.7 Å². The lowest BCUT2D eigenvalue weighted by Crippen LogP contribution is -2.44. The van der Waals surface area contributed by atoms with Crippen LogP contribution in [0.1, 0.15) is 42.4 Å². The number of rotatable bonds is 8. The summed E-state index contributed by atoms with van der Waals surface area (Å²) in [5.74, 6) is -1.30. The van der Waals surface area contributed by atoms with Crippen LogP contribution in [0.5, 0.6) is 6.01 Å². The zero-order valence-corrected chi connectivity index (χ0v) is 25.0. The summed E-state index contributed by atoms with van der Waals surface area (Å²) in [7, 11) is 4.01. The first-order valence-corrected chi connectivity index (χ1v) is 15.2. The van der Waals surface area contributed by atoms with E-state index in [1.54, 1.807) is 0 Å². The molecule has 44 heavy (non-hydrogen) atoms.